The van der Waals surface area contributed by atoms with Crippen LogP contribution < -0.4 is 10.5 Å². The van der Waals surface area contributed by atoms with Crippen molar-refractivity contribution >= 4 is 27.2 Å². The van der Waals surface area contributed by atoms with E-state index in [4.69, 9.17) is 18.0 Å². The summed E-state index contributed by atoms with van der Waals surface area (Å²) < 4.78 is 27.3. The summed E-state index contributed by atoms with van der Waals surface area (Å²) in [6, 6.07) is 6.44. The third kappa shape index (κ3) is 3.56. The molecule has 1 aliphatic rings. The second-order valence-electron chi connectivity index (χ2n) is 5.47. The van der Waals surface area contributed by atoms with Crippen LogP contribution in [0.4, 0.5) is 0 Å². The van der Waals surface area contributed by atoms with Crippen LogP contribution in [0.3, 0.4) is 0 Å². The molecule has 0 bridgehead atoms. The van der Waals surface area contributed by atoms with Gasteiger partial charge in [-0.25, -0.2) is 13.1 Å². The third-order valence-corrected chi connectivity index (χ3v) is 5.44. The molecule has 0 amide bonds. The highest BCUT2D eigenvalue weighted by atomic mass is 32.2. The highest BCUT2D eigenvalue weighted by Crippen LogP contribution is 2.49. The predicted molar refractivity (Wildman–Crippen MR) is 84.1 cm³/mol. The van der Waals surface area contributed by atoms with Crippen LogP contribution in [0, 0.1) is 5.41 Å². The molecule has 4 nitrogen and oxygen atoms in total. The first-order valence-electron chi connectivity index (χ1n) is 6.78. The first-order valence-corrected chi connectivity index (χ1v) is 8.67. The maximum absolute atomic E-state index is 12.3. The van der Waals surface area contributed by atoms with Gasteiger partial charge in [0.25, 0.3) is 0 Å². The molecule has 0 aromatic heterocycles. The van der Waals surface area contributed by atoms with Crippen LogP contribution in [0.1, 0.15) is 38.2 Å². The molecular weight excluding hydrogens is 292 g/mol. The molecule has 1 aromatic rings. The summed E-state index contributed by atoms with van der Waals surface area (Å²) in [5, 5.41) is 0. The summed E-state index contributed by atoms with van der Waals surface area (Å²) in [5.74, 6) is 0. The molecule has 3 N–H and O–H groups in total. The smallest absolute Gasteiger partial charge is 0.240 e. The summed E-state index contributed by atoms with van der Waals surface area (Å²) in [5.41, 5.74) is 6.29. The number of rotatable bonds is 7. The van der Waals surface area contributed by atoms with Crippen LogP contribution >= 0.6 is 12.2 Å². The summed E-state index contributed by atoms with van der Waals surface area (Å²) in [4.78, 5) is 0.418. The molecule has 20 heavy (non-hydrogen) atoms. The van der Waals surface area contributed by atoms with Crippen molar-refractivity contribution in [1.29, 1.82) is 0 Å². The Morgan fingerprint density at radius 2 is 2.15 bits per heavy atom. The molecule has 1 saturated carbocycles. The number of hydrogen-bond donors (Lipinski definition) is 2. The molecule has 110 valence electrons. The lowest BCUT2D eigenvalue weighted by atomic mass is 10.0. The minimum atomic E-state index is -3.49. The summed E-state index contributed by atoms with van der Waals surface area (Å²) in [6.07, 6.45) is 4.37. The normalized spacial score (nSPS) is 16.9. The van der Waals surface area contributed by atoms with Crippen LogP contribution in [0.25, 0.3) is 0 Å². The van der Waals surface area contributed by atoms with Gasteiger partial charge in [-0.15, -0.1) is 0 Å². The molecule has 0 spiro atoms. The average Bonchev–Trinajstić information content (AvgIpc) is 3.18. The SMILES string of the molecule is CCCC1(CNS(=O)(=O)c2cccc(C(N)=S)c2)CC1. The Hall–Kier alpha value is -0.980. The molecule has 2 rings (SSSR count). The Morgan fingerprint density at radius 1 is 1.45 bits per heavy atom. The Kier molecular flexibility index (Phi) is 4.46. The minimum Gasteiger partial charge on any atom is -0.389 e. The quantitative estimate of drug-likeness (QED) is 0.757. The van der Waals surface area contributed by atoms with Crippen molar-refractivity contribution in [2.45, 2.75) is 37.5 Å². The number of nitrogens with one attached hydrogen (secondary N) is 1. The number of thiocarbonyl (C=S) groups is 1. The molecule has 6 heteroatoms. The molecular formula is C14H20N2O2S2. The maximum atomic E-state index is 12.3. The van der Waals surface area contributed by atoms with Crippen molar-refractivity contribution in [3.63, 3.8) is 0 Å². The fourth-order valence-corrected chi connectivity index (χ4v) is 3.70. The molecule has 0 radical (unpaired) electrons. The van der Waals surface area contributed by atoms with Gasteiger partial charge in [-0.3, -0.25) is 0 Å². The van der Waals surface area contributed by atoms with Crippen molar-refractivity contribution in [3.05, 3.63) is 29.8 Å². The zero-order valence-electron chi connectivity index (χ0n) is 11.6. The molecule has 0 saturated heterocycles. The van der Waals surface area contributed by atoms with Crippen molar-refractivity contribution < 1.29 is 8.42 Å². The number of sulfonamides is 1. The van der Waals surface area contributed by atoms with Crippen LogP contribution in [0.5, 0.6) is 0 Å². The molecule has 1 fully saturated rings. The second-order valence-corrected chi connectivity index (χ2v) is 7.67. The van der Waals surface area contributed by atoms with E-state index in [9.17, 15) is 8.42 Å². The van der Waals surface area contributed by atoms with Gasteiger partial charge in [-0.2, -0.15) is 0 Å². The van der Waals surface area contributed by atoms with Crippen molar-refractivity contribution in [2.75, 3.05) is 6.54 Å². The van der Waals surface area contributed by atoms with E-state index >= 15 is 0 Å². The van der Waals surface area contributed by atoms with Gasteiger partial charge in [-0.1, -0.05) is 37.7 Å². The monoisotopic (exact) mass is 312 g/mol. The van der Waals surface area contributed by atoms with E-state index in [1.807, 2.05) is 0 Å². The van der Waals surface area contributed by atoms with Crippen molar-refractivity contribution in [1.82, 2.24) is 4.72 Å². The zero-order valence-corrected chi connectivity index (χ0v) is 13.2. The lowest BCUT2D eigenvalue weighted by molar-refractivity contribution is 0.449. The Labute approximate surface area is 125 Å². The van der Waals surface area contributed by atoms with E-state index in [1.165, 1.54) is 6.07 Å². The van der Waals surface area contributed by atoms with Crippen molar-refractivity contribution in [2.24, 2.45) is 11.1 Å². The molecule has 0 heterocycles. The van der Waals surface area contributed by atoms with Gasteiger partial charge in [0.15, 0.2) is 0 Å². The number of benzene rings is 1. The first-order chi connectivity index (χ1) is 9.38. The van der Waals surface area contributed by atoms with Gasteiger partial charge in [0.1, 0.15) is 4.99 Å². The topological polar surface area (TPSA) is 72.2 Å². The van der Waals surface area contributed by atoms with E-state index in [0.29, 0.717) is 12.1 Å². The van der Waals surface area contributed by atoms with E-state index in [0.717, 1.165) is 25.7 Å². The van der Waals surface area contributed by atoms with Crippen LogP contribution in [0.2, 0.25) is 0 Å². The maximum Gasteiger partial charge on any atom is 0.240 e. The fourth-order valence-electron chi connectivity index (χ4n) is 2.37. The molecule has 0 atom stereocenters. The van der Waals surface area contributed by atoms with Gasteiger partial charge in [0, 0.05) is 12.1 Å². The minimum absolute atomic E-state index is 0.183. The lowest BCUT2D eigenvalue weighted by Gasteiger charge is -2.15. The Bertz CT molecular complexity index is 607. The third-order valence-electron chi connectivity index (χ3n) is 3.80. The van der Waals surface area contributed by atoms with Gasteiger partial charge in [0.05, 0.1) is 4.90 Å². The van der Waals surface area contributed by atoms with E-state index in [1.54, 1.807) is 18.2 Å². The average molecular weight is 312 g/mol. The van der Waals surface area contributed by atoms with Crippen LogP contribution in [0.15, 0.2) is 29.2 Å². The Morgan fingerprint density at radius 3 is 2.70 bits per heavy atom. The fraction of sp³-hybridized carbons (Fsp3) is 0.500. The molecule has 0 aliphatic heterocycles. The summed E-state index contributed by atoms with van der Waals surface area (Å²) >= 11 is 4.88. The first kappa shape index (κ1) is 15.4. The standard InChI is InChI=1S/C14H20N2O2S2/c1-2-6-14(7-8-14)10-16-20(17,18)12-5-3-4-11(9-12)13(15)19/h3-5,9,16H,2,6-8,10H2,1H3,(H2,15,19). The number of hydrogen-bond acceptors (Lipinski definition) is 3. The largest absolute Gasteiger partial charge is 0.389 e. The van der Waals surface area contributed by atoms with Crippen LogP contribution in [-0.2, 0) is 10.0 Å². The molecule has 0 unspecified atom stereocenters. The predicted octanol–water partition coefficient (Wildman–Crippen LogP) is 2.18. The van der Waals surface area contributed by atoms with Gasteiger partial charge in [0.2, 0.25) is 10.0 Å². The summed E-state index contributed by atoms with van der Waals surface area (Å²) in [6.45, 7) is 2.64. The highest BCUT2D eigenvalue weighted by Gasteiger charge is 2.42. The van der Waals surface area contributed by atoms with Gasteiger partial charge < -0.3 is 5.73 Å². The van der Waals surface area contributed by atoms with Crippen LogP contribution in [-0.4, -0.2) is 20.0 Å². The number of nitrogens with two attached hydrogens (primary N) is 1. The Balaban J connectivity index is 2.10. The molecule has 1 aliphatic carbocycles. The summed E-state index contributed by atoms with van der Waals surface area (Å²) in [7, 11) is -3.49. The van der Waals surface area contributed by atoms with Gasteiger partial charge >= 0.3 is 0 Å². The van der Waals surface area contributed by atoms with Crippen molar-refractivity contribution in [3.8, 4) is 0 Å². The lowest BCUT2D eigenvalue weighted by Crippen LogP contribution is -2.30. The van der Waals surface area contributed by atoms with Gasteiger partial charge in [-0.05, 0) is 36.8 Å². The van der Waals surface area contributed by atoms with E-state index < -0.39 is 10.0 Å². The molecule has 1 aromatic carbocycles. The van der Waals surface area contributed by atoms with E-state index in [2.05, 4.69) is 11.6 Å². The second kappa shape index (κ2) is 5.79. The zero-order chi connectivity index (χ0) is 14.8. The highest BCUT2D eigenvalue weighted by molar-refractivity contribution is 7.89. The van der Waals surface area contributed by atoms with E-state index in [-0.39, 0.29) is 15.3 Å².